The molecule has 0 bridgehead atoms. The highest BCUT2D eigenvalue weighted by Crippen LogP contribution is 2.22. The molecule has 0 spiro atoms. The second kappa shape index (κ2) is 6.15. The van der Waals surface area contributed by atoms with Gasteiger partial charge in [-0.15, -0.1) is 0 Å². The van der Waals surface area contributed by atoms with Gasteiger partial charge in [0.2, 0.25) is 0 Å². The lowest BCUT2D eigenvalue weighted by molar-refractivity contribution is 0.406. The molecule has 1 atom stereocenters. The van der Waals surface area contributed by atoms with Gasteiger partial charge in [0, 0.05) is 17.6 Å². The molecule has 17 heavy (non-hydrogen) atoms. The molecule has 1 fully saturated rings. The summed E-state index contributed by atoms with van der Waals surface area (Å²) in [5.74, 6) is -0.0962. The van der Waals surface area contributed by atoms with Gasteiger partial charge in [0.25, 0.3) is 0 Å². The van der Waals surface area contributed by atoms with Crippen LogP contribution in [0.2, 0.25) is 0 Å². The van der Waals surface area contributed by atoms with Crippen LogP contribution >= 0.6 is 0 Å². The maximum absolute atomic E-state index is 13.6. The van der Waals surface area contributed by atoms with E-state index in [-0.39, 0.29) is 11.9 Å². The van der Waals surface area contributed by atoms with E-state index in [1.165, 1.54) is 38.5 Å². The Kier molecular flexibility index (Phi) is 4.55. The molecular formula is C15H22FN. The molecule has 0 amide bonds. The molecule has 0 saturated heterocycles. The molecule has 2 heteroatoms. The van der Waals surface area contributed by atoms with Gasteiger partial charge in [0.15, 0.2) is 0 Å². The topological polar surface area (TPSA) is 12.0 Å². The van der Waals surface area contributed by atoms with Crippen LogP contribution < -0.4 is 5.32 Å². The quantitative estimate of drug-likeness (QED) is 0.774. The van der Waals surface area contributed by atoms with E-state index in [0.29, 0.717) is 6.04 Å². The van der Waals surface area contributed by atoms with Crippen LogP contribution in [0.4, 0.5) is 4.39 Å². The first-order valence-corrected chi connectivity index (χ1v) is 6.78. The van der Waals surface area contributed by atoms with Crippen molar-refractivity contribution in [2.24, 2.45) is 0 Å². The number of nitrogens with one attached hydrogen (secondary N) is 1. The lowest BCUT2D eigenvalue weighted by Gasteiger charge is -2.22. The van der Waals surface area contributed by atoms with Crippen LogP contribution in [0.3, 0.4) is 0 Å². The Labute approximate surface area is 103 Å². The molecular weight excluding hydrogens is 213 g/mol. The Hall–Kier alpha value is -0.890. The lowest BCUT2D eigenvalue weighted by atomic mass is 10.0. The summed E-state index contributed by atoms with van der Waals surface area (Å²) in [7, 11) is 0. The maximum atomic E-state index is 13.6. The fraction of sp³-hybridized carbons (Fsp3) is 0.600. The van der Waals surface area contributed by atoms with Crippen LogP contribution in [0, 0.1) is 5.82 Å². The Balaban J connectivity index is 1.96. The van der Waals surface area contributed by atoms with E-state index in [1.807, 2.05) is 12.1 Å². The summed E-state index contributed by atoms with van der Waals surface area (Å²) < 4.78 is 13.6. The monoisotopic (exact) mass is 235 g/mol. The van der Waals surface area contributed by atoms with Gasteiger partial charge in [0.05, 0.1) is 0 Å². The summed E-state index contributed by atoms with van der Waals surface area (Å²) in [5, 5.41) is 3.58. The summed E-state index contributed by atoms with van der Waals surface area (Å²) in [6, 6.07) is 7.75. The fourth-order valence-corrected chi connectivity index (χ4v) is 2.72. The van der Waals surface area contributed by atoms with Crippen molar-refractivity contribution in [1.29, 1.82) is 0 Å². The minimum absolute atomic E-state index is 0.0962. The molecule has 1 N–H and O–H groups in total. The van der Waals surface area contributed by atoms with E-state index in [1.54, 1.807) is 12.1 Å². The van der Waals surface area contributed by atoms with Crippen molar-refractivity contribution in [3.8, 4) is 0 Å². The molecule has 1 saturated carbocycles. The lowest BCUT2D eigenvalue weighted by Crippen LogP contribution is -2.31. The summed E-state index contributed by atoms with van der Waals surface area (Å²) in [5.41, 5.74) is 0.789. The Morgan fingerprint density at radius 1 is 1.12 bits per heavy atom. The van der Waals surface area contributed by atoms with Crippen LogP contribution in [-0.4, -0.2) is 6.04 Å². The zero-order valence-electron chi connectivity index (χ0n) is 10.6. The molecule has 1 nitrogen and oxygen atoms in total. The van der Waals surface area contributed by atoms with Crippen molar-refractivity contribution in [2.45, 2.75) is 57.5 Å². The number of halogens is 1. The van der Waals surface area contributed by atoms with Crippen molar-refractivity contribution < 1.29 is 4.39 Å². The zero-order chi connectivity index (χ0) is 12.1. The van der Waals surface area contributed by atoms with Gasteiger partial charge in [-0.3, -0.25) is 0 Å². The van der Waals surface area contributed by atoms with E-state index >= 15 is 0 Å². The summed E-state index contributed by atoms with van der Waals surface area (Å²) in [6.45, 7) is 2.06. The van der Waals surface area contributed by atoms with E-state index in [4.69, 9.17) is 0 Å². The first-order valence-electron chi connectivity index (χ1n) is 6.78. The van der Waals surface area contributed by atoms with Gasteiger partial charge < -0.3 is 5.32 Å². The highest BCUT2D eigenvalue weighted by molar-refractivity contribution is 5.20. The van der Waals surface area contributed by atoms with Crippen molar-refractivity contribution in [3.05, 3.63) is 35.6 Å². The van der Waals surface area contributed by atoms with Gasteiger partial charge in [-0.05, 0) is 25.8 Å². The maximum Gasteiger partial charge on any atom is 0.127 e. The van der Waals surface area contributed by atoms with E-state index < -0.39 is 0 Å². The highest BCUT2D eigenvalue weighted by Gasteiger charge is 2.16. The normalized spacial score (nSPS) is 19.9. The molecule has 2 rings (SSSR count). The third-order valence-electron chi connectivity index (χ3n) is 3.71. The molecule has 1 aliphatic carbocycles. The van der Waals surface area contributed by atoms with Gasteiger partial charge in [-0.25, -0.2) is 4.39 Å². The predicted octanol–water partition coefficient (Wildman–Crippen LogP) is 4.20. The number of hydrogen-bond acceptors (Lipinski definition) is 1. The molecule has 0 heterocycles. The predicted molar refractivity (Wildman–Crippen MR) is 69.4 cm³/mol. The van der Waals surface area contributed by atoms with Gasteiger partial charge in [-0.2, -0.15) is 0 Å². The summed E-state index contributed by atoms with van der Waals surface area (Å²) in [6.07, 6.45) is 7.79. The van der Waals surface area contributed by atoms with Crippen LogP contribution in [0.5, 0.6) is 0 Å². The average Bonchev–Trinajstić information content (AvgIpc) is 2.58. The standard InChI is InChI=1S/C15H22FN/c1-12(14-10-6-7-11-15(14)16)17-13-8-4-2-3-5-9-13/h6-7,10-13,17H,2-5,8-9H2,1H3. The number of benzene rings is 1. The highest BCUT2D eigenvalue weighted by atomic mass is 19.1. The van der Waals surface area contributed by atoms with Crippen molar-refractivity contribution in [1.82, 2.24) is 5.32 Å². The first kappa shape index (κ1) is 12.6. The second-order valence-corrected chi connectivity index (χ2v) is 5.10. The number of hydrogen-bond donors (Lipinski definition) is 1. The van der Waals surface area contributed by atoms with Crippen molar-refractivity contribution in [2.75, 3.05) is 0 Å². The third kappa shape index (κ3) is 3.53. The Bertz CT molecular complexity index is 343. The molecule has 1 aliphatic rings. The minimum atomic E-state index is -0.0962. The molecule has 0 aliphatic heterocycles. The van der Waals surface area contributed by atoms with E-state index in [2.05, 4.69) is 12.2 Å². The molecule has 1 aromatic rings. The SMILES string of the molecule is CC(NC1CCCCCC1)c1ccccc1F. The molecule has 94 valence electrons. The third-order valence-corrected chi connectivity index (χ3v) is 3.71. The molecule has 1 aromatic carbocycles. The second-order valence-electron chi connectivity index (χ2n) is 5.10. The zero-order valence-corrected chi connectivity index (χ0v) is 10.6. The fourth-order valence-electron chi connectivity index (χ4n) is 2.72. The van der Waals surface area contributed by atoms with Gasteiger partial charge in [-0.1, -0.05) is 43.9 Å². The van der Waals surface area contributed by atoms with Crippen LogP contribution in [0.1, 0.15) is 57.1 Å². The average molecular weight is 235 g/mol. The van der Waals surface area contributed by atoms with Crippen molar-refractivity contribution in [3.63, 3.8) is 0 Å². The van der Waals surface area contributed by atoms with Gasteiger partial charge >= 0.3 is 0 Å². The van der Waals surface area contributed by atoms with Crippen LogP contribution in [-0.2, 0) is 0 Å². The summed E-state index contributed by atoms with van der Waals surface area (Å²) >= 11 is 0. The summed E-state index contributed by atoms with van der Waals surface area (Å²) in [4.78, 5) is 0. The van der Waals surface area contributed by atoms with Gasteiger partial charge in [0.1, 0.15) is 5.82 Å². The Morgan fingerprint density at radius 3 is 2.41 bits per heavy atom. The molecule has 0 radical (unpaired) electrons. The van der Waals surface area contributed by atoms with E-state index in [9.17, 15) is 4.39 Å². The minimum Gasteiger partial charge on any atom is -0.307 e. The van der Waals surface area contributed by atoms with Crippen molar-refractivity contribution >= 4 is 0 Å². The molecule has 1 unspecified atom stereocenters. The Morgan fingerprint density at radius 2 is 1.76 bits per heavy atom. The molecule has 0 aromatic heterocycles. The number of rotatable bonds is 3. The smallest absolute Gasteiger partial charge is 0.127 e. The van der Waals surface area contributed by atoms with Crippen LogP contribution in [0.15, 0.2) is 24.3 Å². The largest absolute Gasteiger partial charge is 0.307 e. The first-order chi connectivity index (χ1) is 8.27. The van der Waals surface area contributed by atoms with E-state index in [0.717, 1.165) is 5.56 Å². The van der Waals surface area contributed by atoms with Crippen LogP contribution in [0.25, 0.3) is 0 Å².